The second-order valence-electron chi connectivity index (χ2n) is 8.74. The third kappa shape index (κ3) is 3.76. The molecule has 2 heterocycles. The predicted octanol–water partition coefficient (Wildman–Crippen LogP) is 3.61. The van der Waals surface area contributed by atoms with Gasteiger partial charge in [0.15, 0.2) is 0 Å². The lowest BCUT2D eigenvalue weighted by Crippen LogP contribution is -2.54. The Hall–Kier alpha value is -2.67. The maximum absolute atomic E-state index is 12.1. The van der Waals surface area contributed by atoms with Gasteiger partial charge in [-0.3, -0.25) is 15.1 Å². The van der Waals surface area contributed by atoms with E-state index in [1.807, 2.05) is 36.4 Å². The summed E-state index contributed by atoms with van der Waals surface area (Å²) in [6, 6.07) is 14.1. The van der Waals surface area contributed by atoms with Gasteiger partial charge in [-0.2, -0.15) is 0 Å². The number of likely N-dealkylation sites (tertiary alicyclic amines) is 1. The van der Waals surface area contributed by atoms with Crippen LogP contribution in [0.25, 0.3) is 5.57 Å². The van der Waals surface area contributed by atoms with Crippen LogP contribution in [0.2, 0.25) is 0 Å². The van der Waals surface area contributed by atoms with Crippen LogP contribution in [-0.2, 0) is 11.3 Å². The van der Waals surface area contributed by atoms with Gasteiger partial charge < -0.3 is 9.47 Å². The van der Waals surface area contributed by atoms with E-state index >= 15 is 0 Å². The van der Waals surface area contributed by atoms with Crippen molar-refractivity contribution < 1.29 is 14.3 Å². The Bertz CT molecular complexity index is 1010. The number of nitrogens with two attached hydrogens (primary N) is 1. The number of rotatable bonds is 4. The van der Waals surface area contributed by atoms with Gasteiger partial charge in [-0.25, -0.2) is 5.84 Å². The van der Waals surface area contributed by atoms with Crippen molar-refractivity contribution in [1.82, 2.24) is 10.3 Å². The standard InChI is InChI=1S/C25H29N3O3/c1-17(21-7-2-3-8-22(21)24(29)27-26)18-9-10-23-19(15-18)16-30-25(31-23)11-13-28(14-12-25)20-5-4-6-20/h2-3,7-10,15,20H,1,4-6,11-14,16,26H2,(H,27,29). The largest absolute Gasteiger partial charge is 0.462 e. The first-order chi connectivity index (χ1) is 15.1. The smallest absolute Gasteiger partial charge is 0.265 e. The number of ether oxygens (including phenoxy) is 2. The minimum atomic E-state index is -0.502. The summed E-state index contributed by atoms with van der Waals surface area (Å²) in [6.07, 6.45) is 5.83. The molecule has 1 saturated heterocycles. The number of carbonyl (C=O) groups excluding carboxylic acids is 1. The molecule has 1 aliphatic carbocycles. The Morgan fingerprint density at radius 3 is 2.55 bits per heavy atom. The number of fused-ring (bicyclic) bond motifs is 1. The minimum Gasteiger partial charge on any atom is -0.462 e. The van der Waals surface area contributed by atoms with Crippen LogP contribution in [0.5, 0.6) is 5.75 Å². The minimum absolute atomic E-state index is 0.337. The molecule has 0 aromatic heterocycles. The Balaban J connectivity index is 1.33. The van der Waals surface area contributed by atoms with Crippen molar-refractivity contribution in [2.75, 3.05) is 13.1 Å². The summed E-state index contributed by atoms with van der Waals surface area (Å²) in [7, 11) is 0. The molecular weight excluding hydrogens is 390 g/mol. The fourth-order valence-electron chi connectivity index (χ4n) is 4.82. The van der Waals surface area contributed by atoms with Crippen LogP contribution in [0.4, 0.5) is 0 Å². The number of hydrogen-bond acceptors (Lipinski definition) is 5. The second kappa shape index (κ2) is 8.11. The molecule has 3 N–H and O–H groups in total. The molecule has 6 heteroatoms. The number of piperidine rings is 1. The van der Waals surface area contributed by atoms with E-state index in [4.69, 9.17) is 15.3 Å². The number of hydrogen-bond donors (Lipinski definition) is 2. The number of benzene rings is 2. The zero-order valence-electron chi connectivity index (χ0n) is 17.7. The maximum atomic E-state index is 12.1. The molecule has 3 aliphatic rings. The number of nitrogens with zero attached hydrogens (tertiary/aromatic N) is 1. The highest BCUT2D eigenvalue weighted by atomic mass is 16.7. The van der Waals surface area contributed by atoms with E-state index in [1.54, 1.807) is 6.07 Å². The van der Waals surface area contributed by atoms with Crippen molar-refractivity contribution in [2.24, 2.45) is 5.84 Å². The van der Waals surface area contributed by atoms with Crippen molar-refractivity contribution in [3.8, 4) is 5.75 Å². The molecule has 0 radical (unpaired) electrons. The average molecular weight is 420 g/mol. The first kappa shape index (κ1) is 20.2. The van der Waals surface area contributed by atoms with E-state index in [0.29, 0.717) is 12.2 Å². The number of hydrazine groups is 1. The van der Waals surface area contributed by atoms with Gasteiger partial charge in [-0.15, -0.1) is 0 Å². The first-order valence-electron chi connectivity index (χ1n) is 11.1. The molecule has 0 bridgehead atoms. The SMILES string of the molecule is C=C(c1ccc2c(c1)COC1(CCN(C3CCC3)CC1)O2)c1ccccc1C(=O)NN. The summed E-state index contributed by atoms with van der Waals surface area (Å²) < 4.78 is 12.7. The lowest BCUT2D eigenvalue weighted by Gasteiger charge is -2.47. The number of amides is 1. The molecule has 2 aromatic rings. The Morgan fingerprint density at radius 2 is 1.87 bits per heavy atom. The van der Waals surface area contributed by atoms with Crippen LogP contribution < -0.4 is 16.0 Å². The number of carbonyl (C=O) groups is 1. The second-order valence-corrected chi connectivity index (χ2v) is 8.74. The highest BCUT2D eigenvalue weighted by molar-refractivity contribution is 6.00. The normalized spacial score (nSPS) is 20.4. The Kier molecular flexibility index (Phi) is 5.30. The molecule has 1 spiro atoms. The molecule has 2 aromatic carbocycles. The summed E-state index contributed by atoms with van der Waals surface area (Å²) >= 11 is 0. The topological polar surface area (TPSA) is 76.8 Å². The monoisotopic (exact) mass is 419 g/mol. The van der Waals surface area contributed by atoms with Crippen LogP contribution in [0, 0.1) is 0 Å². The van der Waals surface area contributed by atoms with Gasteiger partial charge in [-0.1, -0.05) is 37.3 Å². The molecule has 31 heavy (non-hydrogen) atoms. The van der Waals surface area contributed by atoms with Crippen molar-refractivity contribution in [3.63, 3.8) is 0 Å². The van der Waals surface area contributed by atoms with Gasteiger partial charge >= 0.3 is 0 Å². The van der Waals surface area contributed by atoms with Crippen LogP contribution in [0.1, 0.15) is 59.2 Å². The van der Waals surface area contributed by atoms with E-state index in [1.165, 1.54) is 19.3 Å². The van der Waals surface area contributed by atoms with E-state index in [9.17, 15) is 4.79 Å². The summed E-state index contributed by atoms with van der Waals surface area (Å²) in [5.41, 5.74) is 6.15. The van der Waals surface area contributed by atoms with Crippen molar-refractivity contribution in [1.29, 1.82) is 0 Å². The fraction of sp³-hybridized carbons (Fsp3) is 0.400. The van der Waals surface area contributed by atoms with Gasteiger partial charge in [-0.05, 0) is 47.7 Å². The molecule has 0 unspecified atom stereocenters. The summed E-state index contributed by atoms with van der Waals surface area (Å²) in [4.78, 5) is 14.7. The number of nitrogen functional groups attached to an aromatic ring is 1. The van der Waals surface area contributed by atoms with Crippen molar-refractivity contribution >= 4 is 11.5 Å². The molecule has 0 atom stereocenters. The van der Waals surface area contributed by atoms with E-state index in [2.05, 4.69) is 16.9 Å². The van der Waals surface area contributed by atoms with E-state index in [0.717, 1.165) is 60.0 Å². The molecule has 1 saturated carbocycles. The molecule has 1 amide bonds. The van der Waals surface area contributed by atoms with E-state index in [-0.39, 0.29) is 5.91 Å². The van der Waals surface area contributed by atoms with Gasteiger partial charge in [0, 0.05) is 43.1 Å². The van der Waals surface area contributed by atoms with Crippen LogP contribution in [0.3, 0.4) is 0 Å². The molecule has 6 nitrogen and oxygen atoms in total. The first-order valence-corrected chi connectivity index (χ1v) is 11.1. The van der Waals surface area contributed by atoms with Gasteiger partial charge in [0.1, 0.15) is 5.75 Å². The fourth-order valence-corrected chi connectivity index (χ4v) is 4.82. The molecule has 2 aliphatic heterocycles. The zero-order valence-corrected chi connectivity index (χ0v) is 17.7. The Morgan fingerprint density at radius 1 is 1.13 bits per heavy atom. The van der Waals surface area contributed by atoms with Gasteiger partial charge in [0.2, 0.25) is 5.79 Å². The highest BCUT2D eigenvalue weighted by Gasteiger charge is 2.42. The highest BCUT2D eigenvalue weighted by Crippen LogP contribution is 2.40. The molecule has 2 fully saturated rings. The number of nitrogens with one attached hydrogen (secondary N) is 1. The zero-order chi connectivity index (χ0) is 21.4. The van der Waals surface area contributed by atoms with Crippen LogP contribution in [-0.4, -0.2) is 35.7 Å². The lowest BCUT2D eigenvalue weighted by molar-refractivity contribution is -0.231. The third-order valence-electron chi connectivity index (χ3n) is 6.97. The van der Waals surface area contributed by atoms with Gasteiger partial charge in [0.05, 0.1) is 6.61 Å². The summed E-state index contributed by atoms with van der Waals surface area (Å²) in [6.45, 7) is 6.83. The van der Waals surface area contributed by atoms with Gasteiger partial charge in [0.25, 0.3) is 5.91 Å². The maximum Gasteiger partial charge on any atom is 0.265 e. The molecular formula is C25H29N3O3. The van der Waals surface area contributed by atoms with Crippen LogP contribution >= 0.6 is 0 Å². The summed E-state index contributed by atoms with van der Waals surface area (Å²) in [5, 5.41) is 0. The van der Waals surface area contributed by atoms with Crippen molar-refractivity contribution in [2.45, 2.75) is 50.5 Å². The average Bonchev–Trinajstić information content (AvgIpc) is 2.78. The third-order valence-corrected chi connectivity index (χ3v) is 6.97. The van der Waals surface area contributed by atoms with Crippen molar-refractivity contribution in [3.05, 3.63) is 71.3 Å². The van der Waals surface area contributed by atoms with Crippen LogP contribution in [0.15, 0.2) is 49.0 Å². The molecule has 162 valence electrons. The lowest BCUT2D eigenvalue weighted by atomic mass is 9.89. The predicted molar refractivity (Wildman–Crippen MR) is 119 cm³/mol. The molecule has 5 rings (SSSR count). The summed E-state index contributed by atoms with van der Waals surface area (Å²) in [5.74, 6) is 5.39. The Labute approximate surface area is 183 Å². The van der Waals surface area contributed by atoms with E-state index < -0.39 is 5.79 Å². The quantitative estimate of drug-likeness (QED) is 0.450.